The number of aromatic amines is 1. The number of hydrogen-bond acceptors (Lipinski definition) is 6. The summed E-state index contributed by atoms with van der Waals surface area (Å²) >= 11 is 0. The van der Waals surface area contributed by atoms with Gasteiger partial charge in [0.2, 0.25) is 0 Å². The van der Waals surface area contributed by atoms with Gasteiger partial charge in [-0.2, -0.15) is 10.2 Å². The van der Waals surface area contributed by atoms with Crippen molar-refractivity contribution in [1.82, 2.24) is 29.9 Å². The second kappa shape index (κ2) is 8.25. The van der Waals surface area contributed by atoms with Crippen LogP contribution < -0.4 is 5.56 Å². The molecular formula is C25H24FN7O. The van der Waals surface area contributed by atoms with Gasteiger partial charge in [-0.25, -0.2) is 19.2 Å². The van der Waals surface area contributed by atoms with Gasteiger partial charge in [0.25, 0.3) is 5.56 Å². The number of rotatable bonds is 5. The van der Waals surface area contributed by atoms with E-state index in [0.717, 1.165) is 31.0 Å². The minimum atomic E-state index is -0.510. The second-order valence-corrected chi connectivity index (χ2v) is 8.87. The summed E-state index contributed by atoms with van der Waals surface area (Å²) in [5, 5.41) is 12.2. The SMILES string of the molecule is CCn1ncnc1C1c2n[nH]c(=O)c3cc(F)cc(c23)N=CC1c1ccc(CN2CCC2)cc1. The monoisotopic (exact) mass is 457 g/mol. The van der Waals surface area contributed by atoms with Crippen LogP contribution in [0.2, 0.25) is 0 Å². The zero-order valence-corrected chi connectivity index (χ0v) is 18.8. The highest BCUT2D eigenvalue weighted by molar-refractivity contribution is 5.97. The number of benzene rings is 2. The third-order valence-electron chi connectivity index (χ3n) is 6.83. The molecule has 0 radical (unpaired) electrons. The first kappa shape index (κ1) is 20.9. The van der Waals surface area contributed by atoms with Gasteiger partial charge in [-0.1, -0.05) is 24.3 Å². The van der Waals surface area contributed by atoms with Crippen LogP contribution in [0.15, 0.2) is 52.5 Å². The number of aromatic nitrogens is 5. The molecule has 2 aliphatic rings. The molecule has 6 rings (SSSR count). The third-order valence-corrected chi connectivity index (χ3v) is 6.83. The van der Waals surface area contributed by atoms with Crippen molar-refractivity contribution in [2.75, 3.05) is 13.1 Å². The lowest BCUT2D eigenvalue weighted by atomic mass is 9.82. The van der Waals surface area contributed by atoms with Crippen LogP contribution in [0.5, 0.6) is 0 Å². The number of aryl methyl sites for hydroxylation is 1. The van der Waals surface area contributed by atoms with Crippen molar-refractivity contribution in [3.05, 3.63) is 81.5 Å². The van der Waals surface area contributed by atoms with Crippen LogP contribution in [0.4, 0.5) is 10.1 Å². The molecule has 0 aliphatic carbocycles. The Balaban J connectivity index is 1.53. The lowest BCUT2D eigenvalue weighted by Crippen LogP contribution is -2.36. The molecule has 34 heavy (non-hydrogen) atoms. The lowest BCUT2D eigenvalue weighted by Gasteiger charge is -2.30. The smallest absolute Gasteiger partial charge is 0.272 e. The van der Waals surface area contributed by atoms with E-state index in [-0.39, 0.29) is 17.2 Å². The van der Waals surface area contributed by atoms with Gasteiger partial charge in [0.05, 0.1) is 22.7 Å². The van der Waals surface area contributed by atoms with Gasteiger partial charge >= 0.3 is 0 Å². The highest BCUT2D eigenvalue weighted by Crippen LogP contribution is 2.43. The molecule has 1 N–H and O–H groups in total. The third kappa shape index (κ3) is 3.43. The fraction of sp³-hybridized carbons (Fsp3) is 0.320. The van der Waals surface area contributed by atoms with Crippen LogP contribution in [0.25, 0.3) is 10.8 Å². The van der Waals surface area contributed by atoms with E-state index in [1.807, 2.05) is 17.8 Å². The summed E-state index contributed by atoms with van der Waals surface area (Å²) in [6.45, 7) is 5.87. The highest BCUT2D eigenvalue weighted by Gasteiger charge is 2.35. The van der Waals surface area contributed by atoms with Gasteiger partial charge in [-0.15, -0.1) is 0 Å². The molecule has 2 aromatic heterocycles. The van der Waals surface area contributed by atoms with Crippen LogP contribution in [0.3, 0.4) is 0 Å². The molecule has 0 bridgehead atoms. The number of nitrogens with one attached hydrogen (secondary N) is 1. The summed E-state index contributed by atoms with van der Waals surface area (Å²) in [6, 6.07) is 11.1. The molecule has 4 heterocycles. The van der Waals surface area contributed by atoms with Gasteiger partial charge in [0, 0.05) is 36.7 Å². The molecule has 2 atom stereocenters. The average Bonchev–Trinajstić information content (AvgIpc) is 3.22. The molecule has 2 aromatic carbocycles. The molecule has 1 fully saturated rings. The maximum absolute atomic E-state index is 14.4. The minimum Gasteiger partial charge on any atom is -0.299 e. The normalized spacial score (nSPS) is 19.8. The Morgan fingerprint density at radius 3 is 2.74 bits per heavy atom. The Morgan fingerprint density at radius 1 is 1.18 bits per heavy atom. The molecule has 0 saturated carbocycles. The van der Waals surface area contributed by atoms with Crippen molar-refractivity contribution in [3.8, 4) is 0 Å². The highest BCUT2D eigenvalue weighted by atomic mass is 19.1. The zero-order chi connectivity index (χ0) is 23.2. The molecule has 2 aliphatic heterocycles. The maximum Gasteiger partial charge on any atom is 0.272 e. The minimum absolute atomic E-state index is 0.232. The molecule has 8 nitrogen and oxygen atoms in total. The standard InChI is InChI=1S/C25H24FN7O/c1-2-33-24(28-14-29-33)22-19(16-6-4-15(5-7-16)13-32-8-3-9-32)12-27-20-11-17(26)10-18-21(20)23(22)30-31-25(18)34/h4-7,10-12,14,19,22H,2-3,8-9,13H2,1H3,(H,31,34). The summed E-state index contributed by atoms with van der Waals surface area (Å²) in [4.78, 5) is 24.2. The first-order valence-electron chi connectivity index (χ1n) is 11.6. The lowest BCUT2D eigenvalue weighted by molar-refractivity contribution is 0.172. The van der Waals surface area contributed by atoms with Crippen LogP contribution >= 0.6 is 0 Å². The number of H-pyrrole nitrogens is 1. The van der Waals surface area contributed by atoms with E-state index in [9.17, 15) is 9.18 Å². The van der Waals surface area contributed by atoms with Crippen molar-refractivity contribution < 1.29 is 4.39 Å². The largest absolute Gasteiger partial charge is 0.299 e. The molecule has 172 valence electrons. The van der Waals surface area contributed by atoms with Crippen molar-refractivity contribution in [2.45, 2.75) is 38.3 Å². The number of halogens is 1. The predicted octanol–water partition coefficient (Wildman–Crippen LogP) is 3.51. The summed E-state index contributed by atoms with van der Waals surface area (Å²) in [5.74, 6) is -0.380. The molecular weight excluding hydrogens is 433 g/mol. The van der Waals surface area contributed by atoms with E-state index in [2.05, 4.69) is 54.4 Å². The molecule has 9 heteroatoms. The van der Waals surface area contributed by atoms with Crippen molar-refractivity contribution in [2.24, 2.45) is 4.99 Å². The van der Waals surface area contributed by atoms with Gasteiger partial charge in [-0.05, 0) is 43.6 Å². The van der Waals surface area contributed by atoms with Gasteiger partial charge in [-0.3, -0.25) is 14.7 Å². The maximum atomic E-state index is 14.4. The zero-order valence-electron chi connectivity index (χ0n) is 18.8. The van der Waals surface area contributed by atoms with E-state index < -0.39 is 11.4 Å². The average molecular weight is 458 g/mol. The van der Waals surface area contributed by atoms with E-state index in [0.29, 0.717) is 23.3 Å². The molecule has 4 aromatic rings. The number of nitrogens with zero attached hydrogens (tertiary/aromatic N) is 6. The van der Waals surface area contributed by atoms with Crippen LogP contribution in [-0.2, 0) is 13.1 Å². The molecule has 1 saturated heterocycles. The second-order valence-electron chi connectivity index (χ2n) is 8.87. The number of hydrogen-bond donors (Lipinski definition) is 1. The summed E-state index contributed by atoms with van der Waals surface area (Å²) in [7, 11) is 0. The Labute approximate surface area is 195 Å². The molecule has 0 spiro atoms. The fourth-order valence-electron chi connectivity index (χ4n) is 4.97. The van der Waals surface area contributed by atoms with E-state index >= 15 is 0 Å². The Bertz CT molecular complexity index is 1450. The van der Waals surface area contributed by atoms with Crippen LogP contribution in [0, 0.1) is 5.82 Å². The van der Waals surface area contributed by atoms with Crippen molar-refractivity contribution in [3.63, 3.8) is 0 Å². The van der Waals surface area contributed by atoms with Crippen LogP contribution in [-0.4, -0.2) is 49.2 Å². The Kier molecular flexibility index (Phi) is 5.06. The summed E-state index contributed by atoms with van der Waals surface area (Å²) in [6.07, 6.45) is 4.62. The number of aliphatic imine (C=N–C) groups is 1. The van der Waals surface area contributed by atoms with Crippen molar-refractivity contribution >= 4 is 22.7 Å². The van der Waals surface area contributed by atoms with Gasteiger partial charge < -0.3 is 0 Å². The Hall–Kier alpha value is -3.72. The van der Waals surface area contributed by atoms with Crippen LogP contribution in [0.1, 0.15) is 47.8 Å². The van der Waals surface area contributed by atoms with E-state index in [4.69, 9.17) is 0 Å². The molecule has 0 amide bonds. The van der Waals surface area contributed by atoms with Crippen molar-refractivity contribution in [1.29, 1.82) is 0 Å². The summed E-state index contributed by atoms with van der Waals surface area (Å²) in [5.41, 5.74) is 2.87. The topological polar surface area (TPSA) is 92.1 Å². The van der Waals surface area contributed by atoms with E-state index in [1.165, 1.54) is 30.4 Å². The quantitative estimate of drug-likeness (QED) is 0.495. The fourth-order valence-corrected chi connectivity index (χ4v) is 4.97. The summed E-state index contributed by atoms with van der Waals surface area (Å²) < 4.78 is 16.2. The van der Waals surface area contributed by atoms with E-state index in [1.54, 1.807) is 0 Å². The Morgan fingerprint density at radius 2 is 2.00 bits per heavy atom. The molecule has 2 unspecified atom stereocenters. The predicted molar refractivity (Wildman–Crippen MR) is 127 cm³/mol. The first-order valence-corrected chi connectivity index (χ1v) is 11.6. The number of likely N-dealkylation sites (tertiary alicyclic amines) is 1. The van der Waals surface area contributed by atoms with Gasteiger partial charge in [0.1, 0.15) is 18.0 Å². The first-order chi connectivity index (χ1) is 16.6. The van der Waals surface area contributed by atoms with Gasteiger partial charge in [0.15, 0.2) is 0 Å².